The van der Waals surface area contributed by atoms with Gasteiger partial charge in [0.15, 0.2) is 0 Å². The van der Waals surface area contributed by atoms with Gasteiger partial charge in [0.2, 0.25) is 0 Å². The number of halogens is 3. The molecule has 0 saturated carbocycles. The molecule has 0 N–H and O–H groups in total. The Kier molecular flexibility index (Phi) is 3.71. The zero-order valence-corrected chi connectivity index (χ0v) is 12.4. The molecular weight excluding hydrogens is 367 g/mol. The van der Waals surface area contributed by atoms with Gasteiger partial charge in [0, 0.05) is 9.75 Å². The maximum atomic E-state index is 5.89. The highest BCUT2D eigenvalue weighted by Gasteiger charge is 2.14. The van der Waals surface area contributed by atoms with E-state index in [1.54, 1.807) is 22.7 Å². The van der Waals surface area contributed by atoms with Gasteiger partial charge in [-0.05, 0) is 40.2 Å². The Bertz CT molecular complexity index is 395. The lowest BCUT2D eigenvalue weighted by molar-refractivity contribution is 1.29. The molecule has 0 aliphatic rings. The predicted molar refractivity (Wildman–Crippen MR) is 72.1 cm³/mol. The fourth-order valence-electron chi connectivity index (χ4n) is 1.07. The Labute approximate surface area is 112 Å². The largest absolute Gasteiger partial charge is 0.132 e. The average Bonchev–Trinajstić information content (AvgIpc) is 2.73. The Morgan fingerprint density at radius 1 is 1.07 bits per heavy atom. The van der Waals surface area contributed by atoms with E-state index in [0.717, 1.165) is 8.12 Å². The second kappa shape index (κ2) is 4.66. The summed E-state index contributed by atoms with van der Waals surface area (Å²) in [4.78, 5) is 2.79. The number of hydrogen-bond acceptors (Lipinski definition) is 2. The van der Waals surface area contributed by atoms with E-state index in [0.29, 0.717) is 0 Å². The van der Waals surface area contributed by atoms with Gasteiger partial charge in [0.25, 0.3) is 0 Å². The highest BCUT2D eigenvalue weighted by atomic mass is 79.9. The normalized spacial score (nSPS) is 13.1. The molecule has 2 aromatic heterocycles. The summed E-state index contributed by atoms with van der Waals surface area (Å²) in [5, 5.41) is 0. The molecule has 0 spiro atoms. The van der Waals surface area contributed by atoms with Crippen LogP contribution < -0.4 is 0 Å². The first kappa shape index (κ1) is 11.1. The molecule has 0 bridgehead atoms. The van der Waals surface area contributed by atoms with Crippen LogP contribution in [0.1, 0.15) is 14.6 Å². The van der Waals surface area contributed by atoms with E-state index in [-0.39, 0.29) is 4.83 Å². The van der Waals surface area contributed by atoms with E-state index in [2.05, 4.69) is 50.1 Å². The van der Waals surface area contributed by atoms with Crippen molar-refractivity contribution in [2.75, 3.05) is 0 Å². The van der Waals surface area contributed by atoms with Crippen molar-refractivity contribution in [3.8, 4) is 0 Å². The molecule has 0 amide bonds. The summed E-state index contributed by atoms with van der Waals surface area (Å²) in [5.74, 6) is 0. The summed E-state index contributed by atoms with van der Waals surface area (Å²) in [5.41, 5.74) is 0. The number of hydrogen-bond donors (Lipinski definition) is 0. The molecule has 0 aromatic carbocycles. The summed E-state index contributed by atoms with van der Waals surface area (Å²) in [6.45, 7) is 0. The lowest BCUT2D eigenvalue weighted by Gasteiger charge is -2.02. The van der Waals surface area contributed by atoms with Gasteiger partial charge in [0.05, 0.1) is 12.9 Å². The SMILES string of the molecule is Clc1ccc(C(Br)c2ccc(Br)s2)s1. The summed E-state index contributed by atoms with van der Waals surface area (Å²) in [6.07, 6.45) is 0. The van der Waals surface area contributed by atoms with Crippen LogP contribution in [0.5, 0.6) is 0 Å². The third kappa shape index (κ3) is 2.42. The van der Waals surface area contributed by atoms with Crippen molar-refractivity contribution in [1.82, 2.24) is 0 Å². The third-order valence-corrected chi connectivity index (χ3v) is 6.26. The van der Waals surface area contributed by atoms with Crippen LogP contribution in [0.25, 0.3) is 0 Å². The summed E-state index contributed by atoms with van der Waals surface area (Å²) < 4.78 is 1.99. The van der Waals surface area contributed by atoms with E-state index < -0.39 is 0 Å². The smallest absolute Gasteiger partial charge is 0.0931 e. The van der Waals surface area contributed by atoms with E-state index in [9.17, 15) is 0 Å². The van der Waals surface area contributed by atoms with Crippen LogP contribution in [0.15, 0.2) is 28.1 Å². The van der Waals surface area contributed by atoms with E-state index >= 15 is 0 Å². The van der Waals surface area contributed by atoms with Crippen LogP contribution in [-0.4, -0.2) is 0 Å². The minimum Gasteiger partial charge on any atom is -0.132 e. The first-order valence-corrected chi connectivity index (χ1v) is 7.53. The van der Waals surface area contributed by atoms with Crippen molar-refractivity contribution in [2.45, 2.75) is 4.83 Å². The molecule has 0 fully saturated rings. The van der Waals surface area contributed by atoms with Crippen LogP contribution in [-0.2, 0) is 0 Å². The number of rotatable bonds is 2. The molecule has 5 heteroatoms. The first-order valence-electron chi connectivity index (χ1n) is 3.81. The quantitative estimate of drug-likeness (QED) is 0.592. The average molecular weight is 373 g/mol. The second-order valence-corrected chi connectivity index (χ2v) is 7.80. The molecule has 0 radical (unpaired) electrons. The van der Waals surface area contributed by atoms with Crippen LogP contribution in [0.2, 0.25) is 4.34 Å². The van der Waals surface area contributed by atoms with Crippen molar-refractivity contribution >= 4 is 66.1 Å². The molecule has 2 aromatic rings. The third-order valence-electron chi connectivity index (χ3n) is 1.69. The van der Waals surface area contributed by atoms with Crippen LogP contribution in [0, 0.1) is 0 Å². The van der Waals surface area contributed by atoms with E-state index in [1.807, 2.05) is 6.07 Å². The van der Waals surface area contributed by atoms with Crippen molar-refractivity contribution in [1.29, 1.82) is 0 Å². The Hall–Kier alpha value is 0.650. The summed E-state index contributed by atoms with van der Waals surface area (Å²) in [7, 11) is 0. The minimum atomic E-state index is 0.260. The molecule has 74 valence electrons. The molecule has 14 heavy (non-hydrogen) atoms. The topological polar surface area (TPSA) is 0 Å². The van der Waals surface area contributed by atoms with Crippen molar-refractivity contribution in [3.63, 3.8) is 0 Å². The van der Waals surface area contributed by atoms with Gasteiger partial charge >= 0.3 is 0 Å². The summed E-state index contributed by atoms with van der Waals surface area (Å²) in [6, 6.07) is 8.16. The molecule has 1 unspecified atom stereocenters. The van der Waals surface area contributed by atoms with Gasteiger partial charge in [0.1, 0.15) is 0 Å². The van der Waals surface area contributed by atoms with E-state index in [1.165, 1.54) is 9.75 Å². The zero-order valence-electron chi connectivity index (χ0n) is 6.84. The number of thiophene rings is 2. The molecule has 0 nitrogen and oxygen atoms in total. The fraction of sp³-hybridized carbons (Fsp3) is 0.111. The van der Waals surface area contributed by atoms with Crippen LogP contribution >= 0.6 is 66.1 Å². The molecule has 0 aliphatic heterocycles. The van der Waals surface area contributed by atoms with Crippen molar-refractivity contribution in [3.05, 3.63) is 42.1 Å². The maximum Gasteiger partial charge on any atom is 0.0931 e. The lowest BCUT2D eigenvalue weighted by Crippen LogP contribution is -1.82. The first-order chi connectivity index (χ1) is 6.66. The Morgan fingerprint density at radius 3 is 2.21 bits per heavy atom. The maximum absolute atomic E-state index is 5.89. The lowest BCUT2D eigenvalue weighted by atomic mass is 10.3. The molecule has 1 atom stereocenters. The Balaban J connectivity index is 2.28. The highest BCUT2D eigenvalue weighted by Crippen LogP contribution is 2.40. The number of alkyl halides is 1. The second-order valence-electron chi connectivity index (χ2n) is 2.65. The minimum absolute atomic E-state index is 0.260. The monoisotopic (exact) mass is 370 g/mol. The predicted octanol–water partition coefficient (Wildman–Crippen LogP) is 5.71. The van der Waals surface area contributed by atoms with Crippen LogP contribution in [0.3, 0.4) is 0 Å². The Morgan fingerprint density at radius 2 is 1.71 bits per heavy atom. The van der Waals surface area contributed by atoms with Gasteiger partial charge in [-0.1, -0.05) is 27.5 Å². The van der Waals surface area contributed by atoms with Gasteiger partial charge in [-0.25, -0.2) is 0 Å². The van der Waals surface area contributed by atoms with Gasteiger partial charge in [-0.3, -0.25) is 0 Å². The van der Waals surface area contributed by atoms with Gasteiger partial charge < -0.3 is 0 Å². The molecule has 2 heterocycles. The zero-order chi connectivity index (χ0) is 10.1. The summed E-state index contributed by atoms with van der Waals surface area (Å²) >= 11 is 16.3. The molecular formula is C9H5Br2ClS2. The van der Waals surface area contributed by atoms with E-state index in [4.69, 9.17) is 11.6 Å². The molecule has 0 saturated heterocycles. The van der Waals surface area contributed by atoms with Crippen LogP contribution in [0.4, 0.5) is 0 Å². The van der Waals surface area contributed by atoms with Crippen molar-refractivity contribution < 1.29 is 0 Å². The van der Waals surface area contributed by atoms with Gasteiger partial charge in [-0.2, -0.15) is 0 Å². The molecule has 0 aliphatic carbocycles. The van der Waals surface area contributed by atoms with Crippen molar-refractivity contribution in [2.24, 2.45) is 0 Å². The highest BCUT2D eigenvalue weighted by molar-refractivity contribution is 9.11. The van der Waals surface area contributed by atoms with Gasteiger partial charge in [-0.15, -0.1) is 22.7 Å². The fourth-order valence-corrected chi connectivity index (χ4v) is 4.49. The standard InChI is InChI=1S/C9H5Br2ClS2/c10-7-3-1-5(13-7)9(11)6-2-4-8(12)14-6/h1-4,9H. The molecule has 2 rings (SSSR count).